The lowest BCUT2D eigenvalue weighted by Gasteiger charge is -2.35. The van der Waals surface area contributed by atoms with Gasteiger partial charge in [0.2, 0.25) is 5.91 Å². The van der Waals surface area contributed by atoms with Crippen molar-refractivity contribution in [1.29, 1.82) is 0 Å². The fourth-order valence-corrected chi connectivity index (χ4v) is 1.78. The van der Waals surface area contributed by atoms with Gasteiger partial charge in [-0.15, -0.1) is 0 Å². The van der Waals surface area contributed by atoms with E-state index in [1.165, 1.54) is 0 Å². The van der Waals surface area contributed by atoms with Gasteiger partial charge in [-0.1, -0.05) is 13.8 Å². The van der Waals surface area contributed by atoms with Crippen LogP contribution in [0.4, 0.5) is 0 Å². The number of ether oxygens (including phenoxy) is 2. The zero-order chi connectivity index (χ0) is 11.3. The highest BCUT2D eigenvalue weighted by Gasteiger charge is 2.27. The second kappa shape index (κ2) is 6.08. The third-order valence-corrected chi connectivity index (χ3v) is 2.49. The van der Waals surface area contributed by atoms with E-state index in [9.17, 15) is 4.79 Å². The van der Waals surface area contributed by atoms with Crippen LogP contribution in [0.2, 0.25) is 0 Å². The van der Waals surface area contributed by atoms with E-state index in [4.69, 9.17) is 9.47 Å². The fraction of sp³-hybridized carbons (Fsp3) is 0.909. The van der Waals surface area contributed by atoms with E-state index in [0.717, 1.165) is 0 Å². The molecule has 0 spiro atoms. The Hall–Kier alpha value is -0.610. The van der Waals surface area contributed by atoms with Crippen LogP contribution in [0.1, 0.15) is 20.3 Å². The van der Waals surface area contributed by atoms with Crippen LogP contribution in [0.25, 0.3) is 0 Å². The molecule has 0 saturated carbocycles. The highest BCUT2D eigenvalue weighted by molar-refractivity contribution is 5.76. The smallest absolute Gasteiger partial charge is 0.223 e. The largest absolute Gasteiger partial charge is 0.382 e. The standard InChI is InChI=1S/C11H21NO3/c1-9(2)6-11(13)12-4-5-15-8-10(12)7-14-3/h9-10H,4-8H2,1-3H3. The molecule has 15 heavy (non-hydrogen) atoms. The predicted octanol–water partition coefficient (Wildman–Crippen LogP) is 0.906. The van der Waals surface area contributed by atoms with Gasteiger partial charge in [-0.2, -0.15) is 0 Å². The first-order valence-electron chi connectivity index (χ1n) is 5.51. The molecule has 0 radical (unpaired) electrons. The average Bonchev–Trinajstić information content (AvgIpc) is 2.18. The van der Waals surface area contributed by atoms with Crippen molar-refractivity contribution in [3.8, 4) is 0 Å². The molecule has 0 aromatic rings. The molecule has 1 unspecified atom stereocenters. The predicted molar refractivity (Wildman–Crippen MR) is 57.7 cm³/mol. The van der Waals surface area contributed by atoms with E-state index >= 15 is 0 Å². The molecule has 1 aliphatic heterocycles. The first-order valence-corrected chi connectivity index (χ1v) is 5.51. The number of carbonyl (C=O) groups is 1. The molecule has 1 aliphatic rings. The summed E-state index contributed by atoms with van der Waals surface area (Å²) in [6.07, 6.45) is 0.611. The third kappa shape index (κ3) is 3.80. The number of hydrogen-bond acceptors (Lipinski definition) is 3. The van der Waals surface area contributed by atoms with Gasteiger partial charge in [-0.25, -0.2) is 0 Å². The maximum atomic E-state index is 11.9. The molecular weight excluding hydrogens is 194 g/mol. The molecule has 1 heterocycles. The second-order valence-corrected chi connectivity index (χ2v) is 4.37. The topological polar surface area (TPSA) is 38.8 Å². The molecule has 1 atom stereocenters. The number of methoxy groups -OCH3 is 1. The van der Waals surface area contributed by atoms with Crippen LogP contribution in [0.5, 0.6) is 0 Å². The fourth-order valence-electron chi connectivity index (χ4n) is 1.78. The first kappa shape index (κ1) is 12.5. The molecule has 0 N–H and O–H groups in total. The molecule has 0 aromatic heterocycles. The number of morpholine rings is 1. The van der Waals surface area contributed by atoms with E-state index in [0.29, 0.717) is 38.7 Å². The summed E-state index contributed by atoms with van der Waals surface area (Å²) in [7, 11) is 1.65. The van der Waals surface area contributed by atoms with Gasteiger partial charge < -0.3 is 14.4 Å². The van der Waals surface area contributed by atoms with Crippen LogP contribution in [-0.2, 0) is 14.3 Å². The van der Waals surface area contributed by atoms with Gasteiger partial charge in [0.25, 0.3) is 0 Å². The van der Waals surface area contributed by atoms with E-state index in [-0.39, 0.29) is 11.9 Å². The van der Waals surface area contributed by atoms with Crippen molar-refractivity contribution >= 4 is 5.91 Å². The summed E-state index contributed by atoms with van der Waals surface area (Å²) in [5.41, 5.74) is 0. The number of rotatable bonds is 4. The van der Waals surface area contributed by atoms with E-state index in [1.807, 2.05) is 4.90 Å². The van der Waals surface area contributed by atoms with Gasteiger partial charge >= 0.3 is 0 Å². The van der Waals surface area contributed by atoms with Gasteiger partial charge in [0.05, 0.1) is 25.9 Å². The lowest BCUT2D eigenvalue weighted by molar-refractivity contribution is -0.142. The van der Waals surface area contributed by atoms with Crippen molar-refractivity contribution in [3.05, 3.63) is 0 Å². The second-order valence-electron chi connectivity index (χ2n) is 4.37. The van der Waals surface area contributed by atoms with Crippen LogP contribution >= 0.6 is 0 Å². The van der Waals surface area contributed by atoms with Crippen LogP contribution in [0.3, 0.4) is 0 Å². The summed E-state index contributed by atoms with van der Waals surface area (Å²) in [4.78, 5) is 13.8. The third-order valence-electron chi connectivity index (χ3n) is 2.49. The zero-order valence-corrected chi connectivity index (χ0v) is 9.86. The van der Waals surface area contributed by atoms with Crippen LogP contribution in [0, 0.1) is 5.92 Å². The van der Waals surface area contributed by atoms with E-state index in [2.05, 4.69) is 13.8 Å². The Morgan fingerprint density at radius 2 is 2.33 bits per heavy atom. The molecule has 4 nitrogen and oxygen atoms in total. The van der Waals surface area contributed by atoms with Gasteiger partial charge in [0, 0.05) is 20.1 Å². The molecule has 4 heteroatoms. The SMILES string of the molecule is COCC1COCCN1C(=O)CC(C)C. The molecule has 1 saturated heterocycles. The first-order chi connectivity index (χ1) is 7.15. The van der Waals surface area contributed by atoms with Crippen molar-refractivity contribution in [2.24, 2.45) is 5.92 Å². The number of nitrogens with zero attached hydrogens (tertiary/aromatic N) is 1. The Labute approximate surface area is 91.5 Å². The van der Waals surface area contributed by atoms with Gasteiger partial charge in [-0.3, -0.25) is 4.79 Å². The molecule has 1 fully saturated rings. The molecule has 88 valence electrons. The number of amides is 1. The van der Waals surface area contributed by atoms with Gasteiger partial charge in [0.1, 0.15) is 0 Å². The van der Waals surface area contributed by atoms with Crippen molar-refractivity contribution in [1.82, 2.24) is 4.90 Å². The lowest BCUT2D eigenvalue weighted by atomic mass is 10.1. The van der Waals surface area contributed by atoms with Gasteiger partial charge in [-0.05, 0) is 5.92 Å². The van der Waals surface area contributed by atoms with Gasteiger partial charge in [0.15, 0.2) is 0 Å². The minimum Gasteiger partial charge on any atom is -0.382 e. The summed E-state index contributed by atoms with van der Waals surface area (Å²) < 4.78 is 10.4. The Morgan fingerprint density at radius 3 is 2.93 bits per heavy atom. The Kier molecular flexibility index (Phi) is 5.05. The maximum absolute atomic E-state index is 11.9. The summed E-state index contributed by atoms with van der Waals surface area (Å²) in [5.74, 6) is 0.624. The highest BCUT2D eigenvalue weighted by Crippen LogP contribution is 2.12. The van der Waals surface area contributed by atoms with Crippen molar-refractivity contribution < 1.29 is 14.3 Å². The monoisotopic (exact) mass is 215 g/mol. The lowest BCUT2D eigenvalue weighted by Crippen LogP contribution is -2.51. The Bertz CT molecular complexity index is 204. The minimum atomic E-state index is 0.0926. The number of hydrogen-bond donors (Lipinski definition) is 0. The minimum absolute atomic E-state index is 0.0926. The Balaban J connectivity index is 2.51. The molecule has 0 bridgehead atoms. The van der Waals surface area contributed by atoms with Crippen LogP contribution in [0.15, 0.2) is 0 Å². The summed E-state index contributed by atoms with van der Waals surface area (Å²) in [6.45, 7) is 6.61. The maximum Gasteiger partial charge on any atom is 0.223 e. The summed E-state index contributed by atoms with van der Waals surface area (Å²) in [6, 6.07) is 0.0926. The van der Waals surface area contributed by atoms with Crippen molar-refractivity contribution in [2.45, 2.75) is 26.3 Å². The normalized spacial score (nSPS) is 22.1. The molecule has 1 amide bonds. The van der Waals surface area contributed by atoms with Crippen molar-refractivity contribution in [3.63, 3.8) is 0 Å². The van der Waals surface area contributed by atoms with Crippen LogP contribution in [-0.4, -0.2) is 50.3 Å². The molecular formula is C11H21NO3. The molecule has 1 rings (SSSR count). The number of carbonyl (C=O) groups excluding carboxylic acids is 1. The van der Waals surface area contributed by atoms with E-state index < -0.39 is 0 Å². The molecule has 0 aliphatic carbocycles. The molecule has 0 aromatic carbocycles. The van der Waals surface area contributed by atoms with Crippen LogP contribution < -0.4 is 0 Å². The Morgan fingerprint density at radius 1 is 1.60 bits per heavy atom. The average molecular weight is 215 g/mol. The van der Waals surface area contributed by atoms with E-state index in [1.54, 1.807) is 7.11 Å². The van der Waals surface area contributed by atoms with Crippen molar-refractivity contribution in [2.75, 3.05) is 33.5 Å². The zero-order valence-electron chi connectivity index (χ0n) is 9.86. The highest BCUT2D eigenvalue weighted by atomic mass is 16.5. The quantitative estimate of drug-likeness (QED) is 0.699. The summed E-state index contributed by atoms with van der Waals surface area (Å²) >= 11 is 0. The summed E-state index contributed by atoms with van der Waals surface area (Å²) in [5, 5.41) is 0.